The predicted octanol–water partition coefficient (Wildman–Crippen LogP) is 2.75. The zero-order chi connectivity index (χ0) is 12.7. The van der Waals surface area contributed by atoms with Crippen molar-refractivity contribution in [2.24, 2.45) is 0 Å². The lowest BCUT2D eigenvalue weighted by atomic mass is 10.2. The van der Waals surface area contributed by atoms with Crippen LogP contribution in [-0.2, 0) is 9.53 Å². The maximum absolute atomic E-state index is 13.1. The number of ether oxygens (including phenoxy) is 1. The van der Waals surface area contributed by atoms with Crippen LogP contribution in [0.4, 0.5) is 8.78 Å². The summed E-state index contributed by atoms with van der Waals surface area (Å²) in [6, 6.07) is 8.49. The Labute approximate surface area is 97.9 Å². The van der Waals surface area contributed by atoms with Crippen LogP contribution in [0.3, 0.4) is 0 Å². The summed E-state index contributed by atoms with van der Waals surface area (Å²) >= 11 is 0. The van der Waals surface area contributed by atoms with Gasteiger partial charge in [0.2, 0.25) is 5.83 Å². The SMILES string of the molecule is CCOC(=O)/C(F)=C(/F)C#Cc1ccccc1. The standard InChI is InChI=1S/C13H10F2O2/c1-2-17-13(16)12(15)11(14)9-8-10-6-4-3-5-7-10/h3-7H,2H2,1H3/b12-11-. The molecule has 1 rings (SSSR count). The summed E-state index contributed by atoms with van der Waals surface area (Å²) in [4.78, 5) is 10.8. The molecule has 0 radical (unpaired) electrons. The summed E-state index contributed by atoms with van der Waals surface area (Å²) in [6.07, 6.45) is 0. The molecule has 0 aromatic heterocycles. The van der Waals surface area contributed by atoms with Gasteiger partial charge in [-0.15, -0.1) is 0 Å². The molecule has 1 aromatic carbocycles. The average Bonchev–Trinajstić information content (AvgIpc) is 2.36. The molecule has 17 heavy (non-hydrogen) atoms. The predicted molar refractivity (Wildman–Crippen MR) is 59.2 cm³/mol. The second kappa shape index (κ2) is 6.44. The zero-order valence-electron chi connectivity index (χ0n) is 9.17. The molecule has 0 amide bonds. The lowest BCUT2D eigenvalue weighted by molar-refractivity contribution is -0.140. The van der Waals surface area contributed by atoms with Gasteiger partial charge in [-0.25, -0.2) is 4.79 Å². The first kappa shape index (κ1) is 12.9. The van der Waals surface area contributed by atoms with Gasteiger partial charge < -0.3 is 4.74 Å². The Hall–Kier alpha value is -2.15. The first-order valence-corrected chi connectivity index (χ1v) is 4.94. The Bertz CT molecular complexity index is 481. The third kappa shape index (κ3) is 4.07. The van der Waals surface area contributed by atoms with Crippen LogP contribution in [0, 0.1) is 11.8 Å². The minimum atomic E-state index is -1.60. The third-order valence-electron chi connectivity index (χ3n) is 1.74. The van der Waals surface area contributed by atoms with E-state index in [-0.39, 0.29) is 6.61 Å². The highest BCUT2D eigenvalue weighted by Gasteiger charge is 2.15. The summed E-state index contributed by atoms with van der Waals surface area (Å²) in [7, 11) is 0. The third-order valence-corrected chi connectivity index (χ3v) is 1.74. The van der Waals surface area contributed by atoms with E-state index in [9.17, 15) is 13.6 Å². The smallest absolute Gasteiger partial charge is 0.371 e. The topological polar surface area (TPSA) is 26.3 Å². The van der Waals surface area contributed by atoms with E-state index in [1.807, 2.05) is 5.92 Å². The van der Waals surface area contributed by atoms with Crippen molar-refractivity contribution in [1.29, 1.82) is 0 Å². The molecule has 0 spiro atoms. The van der Waals surface area contributed by atoms with Gasteiger partial charge in [-0.05, 0) is 25.0 Å². The molecule has 88 valence electrons. The van der Waals surface area contributed by atoms with Crippen LogP contribution >= 0.6 is 0 Å². The number of esters is 1. The Morgan fingerprint density at radius 3 is 2.53 bits per heavy atom. The molecule has 0 unspecified atom stereocenters. The Morgan fingerprint density at radius 1 is 1.29 bits per heavy atom. The van der Waals surface area contributed by atoms with E-state index in [0.717, 1.165) is 0 Å². The summed E-state index contributed by atoms with van der Waals surface area (Å²) in [5.74, 6) is -0.0490. The van der Waals surface area contributed by atoms with E-state index in [1.165, 1.54) is 6.92 Å². The second-order valence-electron chi connectivity index (χ2n) is 2.96. The van der Waals surface area contributed by atoms with Crippen molar-refractivity contribution in [3.05, 3.63) is 47.5 Å². The fourth-order valence-electron chi connectivity index (χ4n) is 0.987. The number of carbonyl (C=O) groups is 1. The fraction of sp³-hybridized carbons (Fsp3) is 0.154. The first-order valence-electron chi connectivity index (χ1n) is 4.94. The molecule has 0 heterocycles. The highest BCUT2D eigenvalue weighted by molar-refractivity contribution is 5.87. The summed E-state index contributed by atoms with van der Waals surface area (Å²) in [5.41, 5.74) is 0.527. The minimum Gasteiger partial charge on any atom is -0.461 e. The largest absolute Gasteiger partial charge is 0.461 e. The maximum Gasteiger partial charge on any atom is 0.371 e. The van der Waals surface area contributed by atoms with Crippen molar-refractivity contribution in [3.63, 3.8) is 0 Å². The molecule has 0 aliphatic heterocycles. The molecule has 0 atom stereocenters. The van der Waals surface area contributed by atoms with Crippen molar-refractivity contribution < 1.29 is 18.3 Å². The van der Waals surface area contributed by atoms with Crippen LogP contribution in [0.25, 0.3) is 0 Å². The quantitative estimate of drug-likeness (QED) is 0.448. The van der Waals surface area contributed by atoms with Crippen LogP contribution in [0.5, 0.6) is 0 Å². The van der Waals surface area contributed by atoms with Crippen LogP contribution in [0.15, 0.2) is 42.0 Å². The normalized spacial score (nSPS) is 11.0. The molecule has 0 N–H and O–H groups in total. The van der Waals surface area contributed by atoms with E-state index in [1.54, 1.807) is 30.3 Å². The average molecular weight is 236 g/mol. The van der Waals surface area contributed by atoms with Gasteiger partial charge in [0, 0.05) is 5.56 Å². The number of carbonyl (C=O) groups excluding carboxylic acids is 1. The van der Waals surface area contributed by atoms with Gasteiger partial charge in [-0.3, -0.25) is 0 Å². The van der Waals surface area contributed by atoms with Crippen LogP contribution < -0.4 is 0 Å². The molecule has 4 heteroatoms. The molecule has 2 nitrogen and oxygen atoms in total. The number of halogens is 2. The number of rotatable bonds is 2. The highest BCUT2D eigenvalue weighted by Crippen LogP contribution is 2.09. The fourth-order valence-corrected chi connectivity index (χ4v) is 0.987. The number of benzene rings is 1. The lowest BCUT2D eigenvalue weighted by Crippen LogP contribution is -2.05. The number of allylic oxidation sites excluding steroid dienone is 1. The van der Waals surface area contributed by atoms with Gasteiger partial charge >= 0.3 is 5.97 Å². The van der Waals surface area contributed by atoms with Gasteiger partial charge in [0.1, 0.15) is 0 Å². The summed E-state index contributed by atoms with van der Waals surface area (Å²) in [6.45, 7) is 1.48. The summed E-state index contributed by atoms with van der Waals surface area (Å²) in [5, 5.41) is 0. The number of hydrogen-bond acceptors (Lipinski definition) is 2. The first-order chi connectivity index (χ1) is 8.15. The Balaban J connectivity index is 2.85. The van der Waals surface area contributed by atoms with Crippen molar-refractivity contribution in [2.75, 3.05) is 6.61 Å². The van der Waals surface area contributed by atoms with Crippen LogP contribution in [0.2, 0.25) is 0 Å². The van der Waals surface area contributed by atoms with E-state index in [2.05, 4.69) is 10.7 Å². The molecule has 0 bridgehead atoms. The Kier molecular flexibility index (Phi) is 4.89. The molecule has 0 fully saturated rings. The van der Waals surface area contributed by atoms with Crippen LogP contribution in [-0.4, -0.2) is 12.6 Å². The van der Waals surface area contributed by atoms with E-state index in [0.29, 0.717) is 5.56 Å². The summed E-state index contributed by atoms with van der Waals surface area (Å²) < 4.78 is 30.4. The van der Waals surface area contributed by atoms with Crippen molar-refractivity contribution in [2.45, 2.75) is 6.92 Å². The molecule has 0 saturated carbocycles. The van der Waals surface area contributed by atoms with Gasteiger partial charge in [0.05, 0.1) is 6.61 Å². The lowest BCUT2D eigenvalue weighted by Gasteiger charge is -1.96. The van der Waals surface area contributed by atoms with Crippen LogP contribution in [0.1, 0.15) is 12.5 Å². The van der Waals surface area contributed by atoms with Crippen molar-refractivity contribution in [3.8, 4) is 11.8 Å². The zero-order valence-corrected chi connectivity index (χ0v) is 9.17. The molecule has 0 saturated heterocycles. The molecule has 1 aromatic rings. The monoisotopic (exact) mass is 236 g/mol. The maximum atomic E-state index is 13.1. The van der Waals surface area contributed by atoms with E-state index < -0.39 is 17.6 Å². The van der Waals surface area contributed by atoms with Gasteiger partial charge in [0.25, 0.3) is 5.83 Å². The Morgan fingerprint density at radius 2 is 1.94 bits per heavy atom. The second-order valence-corrected chi connectivity index (χ2v) is 2.96. The minimum absolute atomic E-state index is 0.0222. The highest BCUT2D eigenvalue weighted by atomic mass is 19.2. The molecular weight excluding hydrogens is 226 g/mol. The van der Waals surface area contributed by atoms with Gasteiger partial charge in [-0.2, -0.15) is 8.78 Å². The van der Waals surface area contributed by atoms with Gasteiger partial charge in [-0.1, -0.05) is 24.1 Å². The molecule has 0 aliphatic carbocycles. The molecular formula is C13H10F2O2. The van der Waals surface area contributed by atoms with Gasteiger partial charge in [0.15, 0.2) is 0 Å². The van der Waals surface area contributed by atoms with Crippen molar-refractivity contribution in [1.82, 2.24) is 0 Å². The van der Waals surface area contributed by atoms with E-state index in [4.69, 9.17) is 0 Å². The number of hydrogen-bond donors (Lipinski definition) is 0. The van der Waals surface area contributed by atoms with E-state index >= 15 is 0 Å². The molecule has 0 aliphatic rings. The van der Waals surface area contributed by atoms with Crippen molar-refractivity contribution >= 4 is 5.97 Å².